The summed E-state index contributed by atoms with van der Waals surface area (Å²) in [4.78, 5) is 0. The van der Waals surface area contributed by atoms with Gasteiger partial charge < -0.3 is 14.8 Å². The van der Waals surface area contributed by atoms with Crippen LogP contribution < -0.4 is 14.8 Å². The summed E-state index contributed by atoms with van der Waals surface area (Å²) >= 11 is 0. The maximum absolute atomic E-state index is 12.1. The number of halogens is 3. The molecule has 0 amide bonds. The van der Waals surface area contributed by atoms with Crippen LogP contribution in [0, 0.1) is 0 Å². The zero-order valence-electron chi connectivity index (χ0n) is 11.9. The molecule has 1 atom stereocenters. The molecule has 0 heterocycles. The van der Waals surface area contributed by atoms with Crippen LogP contribution in [0.5, 0.6) is 11.5 Å². The van der Waals surface area contributed by atoms with Crippen molar-refractivity contribution >= 4 is 0 Å². The molecule has 1 rings (SSSR count). The first-order chi connectivity index (χ1) is 9.39. The fourth-order valence-corrected chi connectivity index (χ4v) is 1.85. The Labute approximate surface area is 117 Å². The maximum Gasteiger partial charge on any atom is 0.389 e. The predicted octanol–water partition coefficient (Wildman–Crippen LogP) is 3.70. The van der Waals surface area contributed by atoms with E-state index in [1.807, 2.05) is 6.92 Å². The fourth-order valence-electron chi connectivity index (χ4n) is 1.85. The van der Waals surface area contributed by atoms with Crippen molar-refractivity contribution in [3.8, 4) is 11.5 Å². The first kappa shape index (κ1) is 16.6. The van der Waals surface area contributed by atoms with E-state index in [0.29, 0.717) is 11.5 Å². The van der Waals surface area contributed by atoms with E-state index in [9.17, 15) is 13.2 Å². The van der Waals surface area contributed by atoms with Gasteiger partial charge in [-0.25, -0.2) is 0 Å². The number of hydrogen-bond donors (Lipinski definition) is 1. The molecule has 0 aromatic heterocycles. The van der Waals surface area contributed by atoms with E-state index in [1.54, 1.807) is 32.4 Å². The molecule has 0 fully saturated rings. The molecule has 3 nitrogen and oxygen atoms in total. The number of methoxy groups -OCH3 is 1. The Morgan fingerprint density at radius 1 is 1.25 bits per heavy atom. The van der Waals surface area contributed by atoms with Gasteiger partial charge in [0.1, 0.15) is 11.5 Å². The molecule has 0 radical (unpaired) electrons. The number of hydrogen-bond acceptors (Lipinski definition) is 3. The lowest BCUT2D eigenvalue weighted by atomic mass is 10.1. The van der Waals surface area contributed by atoms with Crippen LogP contribution in [-0.4, -0.2) is 26.9 Å². The van der Waals surface area contributed by atoms with Gasteiger partial charge in [-0.3, -0.25) is 0 Å². The molecule has 1 aromatic rings. The van der Waals surface area contributed by atoms with Gasteiger partial charge in [0.15, 0.2) is 0 Å². The van der Waals surface area contributed by atoms with Crippen molar-refractivity contribution in [3.05, 3.63) is 23.8 Å². The monoisotopic (exact) mass is 291 g/mol. The molecular formula is C14H20F3NO2. The molecule has 1 N–H and O–H groups in total. The molecule has 0 aliphatic carbocycles. The third kappa shape index (κ3) is 4.92. The van der Waals surface area contributed by atoms with Crippen molar-refractivity contribution in [2.45, 2.75) is 32.0 Å². The standard InChI is InChI=1S/C14H20F3NO2/c1-10(18-2)13-11(19-3)6-4-7-12(13)20-9-5-8-14(15,16)17/h4,6-7,10,18H,5,8-9H2,1-3H3. The number of nitrogens with one attached hydrogen (secondary N) is 1. The van der Waals surface area contributed by atoms with Crippen LogP contribution in [0.3, 0.4) is 0 Å². The van der Waals surface area contributed by atoms with E-state index in [0.717, 1.165) is 5.56 Å². The first-order valence-corrected chi connectivity index (χ1v) is 6.42. The van der Waals surface area contributed by atoms with Gasteiger partial charge in [0.25, 0.3) is 0 Å². The molecule has 114 valence electrons. The minimum Gasteiger partial charge on any atom is -0.496 e. The van der Waals surface area contributed by atoms with Gasteiger partial charge in [-0.15, -0.1) is 0 Å². The Morgan fingerprint density at radius 3 is 2.45 bits per heavy atom. The molecule has 1 aromatic carbocycles. The second-order valence-corrected chi connectivity index (χ2v) is 4.45. The van der Waals surface area contributed by atoms with Crippen molar-refractivity contribution in [2.75, 3.05) is 20.8 Å². The Bertz CT molecular complexity index is 421. The number of ether oxygens (including phenoxy) is 2. The smallest absolute Gasteiger partial charge is 0.389 e. The van der Waals surface area contributed by atoms with Crippen LogP contribution in [0.1, 0.15) is 31.4 Å². The molecule has 0 spiro atoms. The van der Waals surface area contributed by atoms with Crippen molar-refractivity contribution < 1.29 is 22.6 Å². The van der Waals surface area contributed by atoms with Crippen molar-refractivity contribution in [1.82, 2.24) is 5.32 Å². The highest BCUT2D eigenvalue weighted by molar-refractivity contribution is 5.46. The highest BCUT2D eigenvalue weighted by atomic mass is 19.4. The van der Waals surface area contributed by atoms with E-state index in [2.05, 4.69) is 5.32 Å². The van der Waals surface area contributed by atoms with E-state index in [1.165, 1.54) is 0 Å². The van der Waals surface area contributed by atoms with Crippen molar-refractivity contribution in [3.63, 3.8) is 0 Å². The van der Waals surface area contributed by atoms with Crippen LogP contribution in [0.2, 0.25) is 0 Å². The molecule has 0 saturated heterocycles. The molecule has 20 heavy (non-hydrogen) atoms. The van der Waals surface area contributed by atoms with E-state index in [-0.39, 0.29) is 19.1 Å². The Balaban J connectivity index is 2.74. The van der Waals surface area contributed by atoms with Gasteiger partial charge in [-0.1, -0.05) is 6.07 Å². The summed E-state index contributed by atoms with van der Waals surface area (Å²) in [7, 11) is 3.35. The third-order valence-corrected chi connectivity index (χ3v) is 2.97. The second-order valence-electron chi connectivity index (χ2n) is 4.45. The van der Waals surface area contributed by atoms with Crippen LogP contribution >= 0.6 is 0 Å². The molecule has 0 aliphatic heterocycles. The molecule has 0 saturated carbocycles. The van der Waals surface area contributed by atoms with Gasteiger partial charge in [0.05, 0.1) is 19.3 Å². The minimum atomic E-state index is -4.14. The Hall–Kier alpha value is -1.43. The average molecular weight is 291 g/mol. The van der Waals surface area contributed by atoms with Gasteiger partial charge in [0.2, 0.25) is 0 Å². The summed E-state index contributed by atoms with van der Waals surface area (Å²) in [5, 5.41) is 3.07. The molecule has 1 unspecified atom stereocenters. The zero-order chi connectivity index (χ0) is 15.2. The summed E-state index contributed by atoms with van der Waals surface area (Å²) in [6, 6.07) is 5.26. The molecular weight excluding hydrogens is 271 g/mol. The van der Waals surface area contributed by atoms with E-state index in [4.69, 9.17) is 9.47 Å². The number of benzene rings is 1. The lowest BCUT2D eigenvalue weighted by molar-refractivity contribution is -0.136. The normalized spacial score (nSPS) is 13.1. The summed E-state index contributed by atoms with van der Waals surface area (Å²) < 4.78 is 47.0. The topological polar surface area (TPSA) is 30.5 Å². The highest BCUT2D eigenvalue weighted by Gasteiger charge is 2.26. The van der Waals surface area contributed by atoms with Crippen LogP contribution in [-0.2, 0) is 0 Å². The van der Waals surface area contributed by atoms with E-state index >= 15 is 0 Å². The molecule has 6 heteroatoms. The maximum atomic E-state index is 12.1. The summed E-state index contributed by atoms with van der Waals surface area (Å²) in [6.07, 6.45) is -5.04. The van der Waals surface area contributed by atoms with Gasteiger partial charge in [0, 0.05) is 12.5 Å². The lowest BCUT2D eigenvalue weighted by Crippen LogP contribution is -2.16. The highest BCUT2D eigenvalue weighted by Crippen LogP contribution is 2.34. The predicted molar refractivity (Wildman–Crippen MR) is 71.3 cm³/mol. The first-order valence-electron chi connectivity index (χ1n) is 6.42. The zero-order valence-corrected chi connectivity index (χ0v) is 11.9. The van der Waals surface area contributed by atoms with Crippen molar-refractivity contribution in [2.24, 2.45) is 0 Å². The van der Waals surface area contributed by atoms with Crippen molar-refractivity contribution in [1.29, 1.82) is 0 Å². The SMILES string of the molecule is CNC(C)c1c(OC)cccc1OCCCC(F)(F)F. The van der Waals surface area contributed by atoms with E-state index < -0.39 is 12.6 Å². The van der Waals surface area contributed by atoms with Gasteiger partial charge in [-0.2, -0.15) is 13.2 Å². The Kier molecular flexibility index (Phi) is 6.13. The number of alkyl halides is 3. The van der Waals surface area contributed by atoms with Crippen LogP contribution in [0.25, 0.3) is 0 Å². The minimum absolute atomic E-state index is 0.0239. The van der Waals surface area contributed by atoms with Crippen LogP contribution in [0.4, 0.5) is 13.2 Å². The average Bonchev–Trinajstić information content (AvgIpc) is 2.41. The summed E-state index contributed by atoms with van der Waals surface area (Å²) in [5.41, 5.74) is 0.810. The quantitative estimate of drug-likeness (QED) is 0.777. The number of rotatable bonds is 7. The molecule has 0 aliphatic rings. The second kappa shape index (κ2) is 7.38. The van der Waals surface area contributed by atoms with Gasteiger partial charge in [-0.05, 0) is 32.5 Å². The van der Waals surface area contributed by atoms with Gasteiger partial charge >= 0.3 is 6.18 Å². The summed E-state index contributed by atoms with van der Waals surface area (Å²) in [6.45, 7) is 1.95. The lowest BCUT2D eigenvalue weighted by Gasteiger charge is -2.19. The van der Waals surface area contributed by atoms with Crippen LogP contribution in [0.15, 0.2) is 18.2 Å². The Morgan fingerprint density at radius 2 is 1.90 bits per heavy atom. The fraction of sp³-hybridized carbons (Fsp3) is 0.571. The summed E-state index contributed by atoms with van der Waals surface area (Å²) in [5.74, 6) is 1.20. The largest absolute Gasteiger partial charge is 0.496 e. The third-order valence-electron chi connectivity index (χ3n) is 2.97. The molecule has 0 bridgehead atoms.